The second-order valence-electron chi connectivity index (χ2n) is 4.24. The number of rotatable bonds is 5. The van der Waals surface area contributed by atoms with Gasteiger partial charge in [0.15, 0.2) is 0 Å². The number of aromatic nitrogens is 1. The monoisotopic (exact) mass is 310 g/mol. The van der Waals surface area contributed by atoms with Crippen molar-refractivity contribution in [2.75, 3.05) is 13.6 Å². The van der Waals surface area contributed by atoms with E-state index in [1.807, 2.05) is 13.8 Å². The van der Waals surface area contributed by atoms with Crippen LogP contribution in [0, 0.1) is 5.92 Å². The van der Waals surface area contributed by atoms with Crippen molar-refractivity contribution in [3.05, 3.63) is 22.4 Å². The van der Waals surface area contributed by atoms with Gasteiger partial charge in [0.05, 0.1) is 5.02 Å². The van der Waals surface area contributed by atoms with Gasteiger partial charge < -0.3 is 0 Å². The quantitative estimate of drug-likeness (QED) is 0.785. The Morgan fingerprint density at radius 2 is 2.06 bits per heavy atom. The third-order valence-electron chi connectivity index (χ3n) is 2.75. The topological polar surface area (TPSA) is 50.3 Å². The fraction of sp³-hybridized carbons (Fsp3) is 0.545. The van der Waals surface area contributed by atoms with Crippen LogP contribution in [0.1, 0.15) is 20.3 Å². The molecule has 1 aromatic heterocycles. The van der Waals surface area contributed by atoms with Gasteiger partial charge in [-0.3, -0.25) is 0 Å². The van der Waals surface area contributed by atoms with E-state index in [0.29, 0.717) is 12.5 Å². The molecule has 4 nitrogen and oxygen atoms in total. The minimum Gasteiger partial charge on any atom is -0.242 e. The fourth-order valence-electron chi connectivity index (χ4n) is 1.39. The molecule has 0 fully saturated rings. The lowest BCUT2D eigenvalue weighted by atomic mass is 10.1. The summed E-state index contributed by atoms with van der Waals surface area (Å²) < 4.78 is 25.8. The van der Waals surface area contributed by atoms with Crippen molar-refractivity contribution in [1.82, 2.24) is 9.29 Å². The Kier molecular flexibility index (Phi) is 5.40. The molecule has 1 unspecified atom stereocenters. The Bertz CT molecular complexity index is 520. The third-order valence-corrected chi connectivity index (χ3v) is 5.22. The molecule has 7 heteroatoms. The maximum atomic E-state index is 12.2. The minimum absolute atomic E-state index is 0.0581. The van der Waals surface area contributed by atoms with Crippen LogP contribution in [0.4, 0.5) is 0 Å². The summed E-state index contributed by atoms with van der Waals surface area (Å²) >= 11 is 11.4. The predicted molar refractivity (Wildman–Crippen MR) is 73.5 cm³/mol. The normalized spacial score (nSPS) is 13.9. The highest BCUT2D eigenvalue weighted by molar-refractivity contribution is 7.89. The van der Waals surface area contributed by atoms with E-state index in [0.717, 1.165) is 6.42 Å². The molecule has 0 aliphatic carbocycles. The van der Waals surface area contributed by atoms with E-state index in [4.69, 9.17) is 23.2 Å². The van der Waals surface area contributed by atoms with Crippen LogP contribution in [0.2, 0.25) is 10.2 Å². The van der Waals surface area contributed by atoms with Crippen LogP contribution in [-0.4, -0.2) is 31.3 Å². The fourth-order valence-corrected chi connectivity index (χ4v) is 2.99. The van der Waals surface area contributed by atoms with Gasteiger partial charge in [-0.1, -0.05) is 43.5 Å². The van der Waals surface area contributed by atoms with E-state index in [9.17, 15) is 8.42 Å². The molecule has 102 valence electrons. The Morgan fingerprint density at radius 1 is 1.44 bits per heavy atom. The molecule has 0 amide bonds. The van der Waals surface area contributed by atoms with Crippen LogP contribution in [0.3, 0.4) is 0 Å². The summed E-state index contributed by atoms with van der Waals surface area (Å²) in [5.41, 5.74) is 0. The maximum absolute atomic E-state index is 12.2. The van der Waals surface area contributed by atoms with Crippen molar-refractivity contribution in [1.29, 1.82) is 0 Å². The summed E-state index contributed by atoms with van der Waals surface area (Å²) in [7, 11) is -2.01. The number of sulfonamides is 1. The molecule has 1 aromatic rings. The Labute approximate surface area is 118 Å². The standard InChI is InChI=1S/C11H16Cl2N2O2S/c1-4-8(2)7-15(3)18(16,17)9-5-10(12)11(13)14-6-9/h5-6,8H,4,7H2,1-3H3. The minimum atomic E-state index is -3.56. The zero-order chi connectivity index (χ0) is 13.9. The molecule has 0 aliphatic heterocycles. The molecule has 0 spiro atoms. The van der Waals surface area contributed by atoms with Gasteiger partial charge in [0.25, 0.3) is 0 Å². The second kappa shape index (κ2) is 6.19. The average molecular weight is 311 g/mol. The lowest BCUT2D eigenvalue weighted by molar-refractivity contribution is 0.393. The summed E-state index contributed by atoms with van der Waals surface area (Å²) in [6.07, 6.45) is 2.14. The molecule has 0 saturated carbocycles. The highest BCUT2D eigenvalue weighted by Crippen LogP contribution is 2.24. The van der Waals surface area contributed by atoms with Gasteiger partial charge in [0, 0.05) is 19.8 Å². The van der Waals surface area contributed by atoms with Crippen molar-refractivity contribution < 1.29 is 8.42 Å². The largest absolute Gasteiger partial charge is 0.244 e. The van der Waals surface area contributed by atoms with Gasteiger partial charge in [-0.15, -0.1) is 0 Å². The number of hydrogen-bond donors (Lipinski definition) is 0. The van der Waals surface area contributed by atoms with Crippen molar-refractivity contribution in [2.24, 2.45) is 5.92 Å². The maximum Gasteiger partial charge on any atom is 0.244 e. The van der Waals surface area contributed by atoms with Crippen LogP contribution in [0.15, 0.2) is 17.2 Å². The van der Waals surface area contributed by atoms with Crippen LogP contribution >= 0.6 is 23.2 Å². The number of nitrogens with zero attached hydrogens (tertiary/aromatic N) is 2. The first-order chi connectivity index (χ1) is 8.28. The molecule has 0 aliphatic rings. The van der Waals surface area contributed by atoms with E-state index in [1.54, 1.807) is 7.05 Å². The van der Waals surface area contributed by atoms with E-state index in [2.05, 4.69) is 4.98 Å². The van der Waals surface area contributed by atoms with Crippen molar-refractivity contribution in [2.45, 2.75) is 25.2 Å². The van der Waals surface area contributed by atoms with Crippen molar-refractivity contribution >= 4 is 33.2 Å². The summed E-state index contributed by atoms with van der Waals surface area (Å²) in [5, 5.41) is 0.231. The Balaban J connectivity index is 3.02. The lowest BCUT2D eigenvalue weighted by Crippen LogP contribution is -2.31. The first-order valence-corrected chi connectivity index (χ1v) is 7.76. The van der Waals surface area contributed by atoms with Gasteiger partial charge in [-0.05, 0) is 12.0 Å². The van der Waals surface area contributed by atoms with Crippen LogP contribution < -0.4 is 0 Å². The summed E-state index contributed by atoms with van der Waals surface area (Å²) in [4.78, 5) is 3.81. The molecule has 18 heavy (non-hydrogen) atoms. The number of halogens is 2. The van der Waals surface area contributed by atoms with Gasteiger partial charge in [-0.2, -0.15) is 0 Å². The summed E-state index contributed by atoms with van der Waals surface area (Å²) in [6.45, 7) is 4.48. The molecule has 0 radical (unpaired) electrons. The zero-order valence-electron chi connectivity index (χ0n) is 10.5. The third kappa shape index (κ3) is 3.57. The van der Waals surface area contributed by atoms with E-state index < -0.39 is 10.0 Å². The lowest BCUT2D eigenvalue weighted by Gasteiger charge is -2.20. The molecule has 0 aromatic carbocycles. The Morgan fingerprint density at radius 3 is 2.56 bits per heavy atom. The molecule has 0 N–H and O–H groups in total. The first-order valence-electron chi connectivity index (χ1n) is 5.56. The average Bonchev–Trinajstić information content (AvgIpc) is 2.32. The van der Waals surface area contributed by atoms with Crippen LogP contribution in [0.5, 0.6) is 0 Å². The highest BCUT2D eigenvalue weighted by atomic mass is 35.5. The number of hydrogen-bond acceptors (Lipinski definition) is 3. The van der Waals surface area contributed by atoms with Gasteiger partial charge in [-0.25, -0.2) is 17.7 Å². The predicted octanol–water partition coefficient (Wildman–Crippen LogP) is 3.06. The van der Waals surface area contributed by atoms with Crippen LogP contribution in [-0.2, 0) is 10.0 Å². The summed E-state index contributed by atoms with van der Waals surface area (Å²) in [5.74, 6) is 0.292. The summed E-state index contributed by atoms with van der Waals surface area (Å²) in [6, 6.07) is 1.32. The molecule has 1 heterocycles. The van der Waals surface area contributed by atoms with Gasteiger partial charge >= 0.3 is 0 Å². The molecule has 0 saturated heterocycles. The van der Waals surface area contributed by atoms with Crippen LogP contribution in [0.25, 0.3) is 0 Å². The van der Waals surface area contributed by atoms with E-state index >= 15 is 0 Å². The molecule has 1 atom stereocenters. The van der Waals surface area contributed by atoms with E-state index in [1.165, 1.54) is 16.6 Å². The Hall–Kier alpha value is -0.360. The molecule has 1 rings (SSSR count). The van der Waals surface area contributed by atoms with Gasteiger partial charge in [0.2, 0.25) is 10.0 Å². The smallest absolute Gasteiger partial charge is 0.242 e. The van der Waals surface area contributed by atoms with Crippen molar-refractivity contribution in [3.63, 3.8) is 0 Å². The molecular weight excluding hydrogens is 295 g/mol. The van der Waals surface area contributed by atoms with E-state index in [-0.39, 0.29) is 15.1 Å². The molecular formula is C11H16Cl2N2O2S. The second-order valence-corrected chi connectivity index (χ2v) is 7.05. The van der Waals surface area contributed by atoms with Gasteiger partial charge in [0.1, 0.15) is 10.0 Å². The highest BCUT2D eigenvalue weighted by Gasteiger charge is 2.23. The van der Waals surface area contributed by atoms with Crippen molar-refractivity contribution in [3.8, 4) is 0 Å². The zero-order valence-corrected chi connectivity index (χ0v) is 12.8. The number of pyridine rings is 1. The SMILES string of the molecule is CCC(C)CN(C)S(=O)(=O)c1cnc(Cl)c(Cl)c1. The first kappa shape index (κ1) is 15.7. The molecule has 0 bridgehead atoms.